The summed E-state index contributed by atoms with van der Waals surface area (Å²) in [5.41, 5.74) is 5.30. The van der Waals surface area contributed by atoms with E-state index in [2.05, 4.69) is 17.7 Å². The van der Waals surface area contributed by atoms with Crippen LogP contribution in [0.2, 0.25) is 0 Å². The molecule has 0 saturated heterocycles. The van der Waals surface area contributed by atoms with Crippen molar-refractivity contribution in [3.05, 3.63) is 143 Å². The molecule has 5 aromatic carbocycles. The van der Waals surface area contributed by atoms with Crippen LogP contribution in [0.4, 0.5) is 0 Å². The summed E-state index contributed by atoms with van der Waals surface area (Å²) in [6, 6.07) is 31.9. The molecule has 0 unspecified atom stereocenters. The molecule has 6 aromatic rings. The average molecular weight is 773 g/mol. The fraction of sp³-hybridized carbons (Fsp3) is 0.250. The number of rotatable bonds is 14. The van der Waals surface area contributed by atoms with Crippen LogP contribution in [0.25, 0.3) is 27.6 Å². The van der Waals surface area contributed by atoms with E-state index in [4.69, 9.17) is 14.9 Å². The molecule has 7 rings (SSSR count). The number of amides is 2. The van der Waals surface area contributed by atoms with E-state index in [-0.39, 0.29) is 28.5 Å². The van der Waals surface area contributed by atoms with Crippen molar-refractivity contribution >= 4 is 32.6 Å². The minimum atomic E-state index is -4.27. The maximum Gasteiger partial charge on any atom is 0.265 e. The fourth-order valence-electron chi connectivity index (χ4n) is 7.15. The lowest BCUT2D eigenvalue weighted by molar-refractivity contribution is 0.0735. The number of benzene rings is 5. The largest absolute Gasteiger partial charge is 0.494 e. The van der Waals surface area contributed by atoms with E-state index in [1.54, 1.807) is 27.8 Å². The SMILES string of the molecule is CCCCc1c(-c2ccc(C(=O)NS(=O)(=O)c3ccc4ccccc4c3)cc2C(=O)N2CCc3ccccc3C2)c(CO)nn1-c1ccc(OCCCO)cc1. The molecule has 1 aliphatic heterocycles. The van der Waals surface area contributed by atoms with Crippen LogP contribution >= 0.6 is 0 Å². The molecule has 0 saturated carbocycles. The Labute approximate surface area is 326 Å². The van der Waals surface area contributed by atoms with E-state index < -0.39 is 22.5 Å². The van der Waals surface area contributed by atoms with Crippen LogP contribution in [0.1, 0.15) is 69.4 Å². The summed E-state index contributed by atoms with van der Waals surface area (Å²) in [4.78, 5) is 30.2. The normalized spacial score (nSPS) is 12.7. The summed E-state index contributed by atoms with van der Waals surface area (Å²) < 4.78 is 36.8. The molecule has 0 aliphatic carbocycles. The molecule has 0 atom stereocenters. The van der Waals surface area contributed by atoms with Crippen molar-refractivity contribution in [3.8, 4) is 22.6 Å². The highest BCUT2D eigenvalue weighted by Crippen LogP contribution is 2.36. The van der Waals surface area contributed by atoms with E-state index in [9.17, 15) is 23.1 Å². The number of hydrogen-bond acceptors (Lipinski definition) is 8. The molecular weight excluding hydrogens is 729 g/mol. The summed E-state index contributed by atoms with van der Waals surface area (Å²) >= 11 is 0. The van der Waals surface area contributed by atoms with E-state index in [0.29, 0.717) is 66.9 Å². The van der Waals surface area contributed by atoms with Crippen molar-refractivity contribution in [3.63, 3.8) is 0 Å². The molecule has 0 bridgehead atoms. The van der Waals surface area contributed by atoms with Gasteiger partial charge < -0.3 is 19.8 Å². The third kappa shape index (κ3) is 8.08. The Morgan fingerprint density at radius 3 is 2.36 bits per heavy atom. The quantitative estimate of drug-likeness (QED) is 0.105. The van der Waals surface area contributed by atoms with E-state index in [0.717, 1.165) is 35.2 Å². The maximum absolute atomic E-state index is 14.7. The summed E-state index contributed by atoms with van der Waals surface area (Å²) in [6.07, 6.45) is 3.41. The number of ether oxygens (including phenoxy) is 1. The molecule has 0 radical (unpaired) electrons. The van der Waals surface area contributed by atoms with Gasteiger partial charge in [0.1, 0.15) is 5.75 Å². The molecule has 2 amide bonds. The molecule has 1 aromatic heterocycles. The molecule has 2 heterocycles. The van der Waals surface area contributed by atoms with Gasteiger partial charge in [-0.25, -0.2) is 17.8 Å². The first kappa shape index (κ1) is 38.5. The van der Waals surface area contributed by atoms with Gasteiger partial charge in [-0.2, -0.15) is 5.10 Å². The lowest BCUT2D eigenvalue weighted by Gasteiger charge is -2.29. The van der Waals surface area contributed by atoms with Crippen LogP contribution in [-0.4, -0.2) is 64.9 Å². The molecule has 12 heteroatoms. The highest BCUT2D eigenvalue weighted by Gasteiger charge is 2.29. The first-order valence-corrected chi connectivity index (χ1v) is 20.3. The number of nitrogens with zero attached hydrogens (tertiary/aromatic N) is 3. The van der Waals surface area contributed by atoms with Crippen molar-refractivity contribution < 1.29 is 33.0 Å². The second-order valence-electron chi connectivity index (χ2n) is 13.8. The topological polar surface area (TPSA) is 151 Å². The lowest BCUT2D eigenvalue weighted by atomic mass is 9.92. The van der Waals surface area contributed by atoms with Crippen LogP contribution in [0.15, 0.2) is 114 Å². The Bertz CT molecular complexity index is 2500. The zero-order valence-electron chi connectivity index (χ0n) is 31.1. The van der Waals surface area contributed by atoms with Crippen molar-refractivity contribution in [1.29, 1.82) is 0 Å². The van der Waals surface area contributed by atoms with Gasteiger partial charge in [-0.3, -0.25) is 9.59 Å². The van der Waals surface area contributed by atoms with Gasteiger partial charge >= 0.3 is 0 Å². The van der Waals surface area contributed by atoms with Gasteiger partial charge in [0.25, 0.3) is 21.8 Å². The number of aliphatic hydroxyl groups is 2. The number of hydrogen-bond donors (Lipinski definition) is 3. The number of nitrogens with one attached hydrogen (secondary N) is 1. The average Bonchev–Trinajstić information content (AvgIpc) is 3.60. The van der Waals surface area contributed by atoms with Crippen LogP contribution < -0.4 is 9.46 Å². The van der Waals surface area contributed by atoms with Crippen LogP contribution in [0.3, 0.4) is 0 Å². The van der Waals surface area contributed by atoms with Crippen LogP contribution in [0.5, 0.6) is 5.75 Å². The Hall–Kier alpha value is -5.82. The van der Waals surface area contributed by atoms with Gasteiger partial charge in [0.05, 0.1) is 35.2 Å². The van der Waals surface area contributed by atoms with Gasteiger partial charge in [-0.15, -0.1) is 0 Å². The minimum Gasteiger partial charge on any atom is -0.494 e. The van der Waals surface area contributed by atoms with E-state index in [1.807, 2.05) is 60.7 Å². The summed E-state index contributed by atoms with van der Waals surface area (Å²) in [5.74, 6) is -0.572. The van der Waals surface area contributed by atoms with Crippen LogP contribution in [0, 0.1) is 0 Å². The molecule has 3 N–H and O–H groups in total. The number of aliphatic hydroxyl groups excluding tert-OH is 2. The third-order valence-electron chi connectivity index (χ3n) is 10.1. The predicted octanol–water partition coefficient (Wildman–Crippen LogP) is 6.61. The second-order valence-corrected chi connectivity index (χ2v) is 15.5. The lowest BCUT2D eigenvalue weighted by Crippen LogP contribution is -2.36. The molecule has 56 heavy (non-hydrogen) atoms. The highest BCUT2D eigenvalue weighted by atomic mass is 32.2. The molecule has 0 fully saturated rings. The monoisotopic (exact) mass is 772 g/mol. The number of sulfonamides is 1. The number of fused-ring (bicyclic) bond motifs is 2. The third-order valence-corrected chi connectivity index (χ3v) is 11.4. The maximum atomic E-state index is 14.7. The van der Waals surface area contributed by atoms with Crippen molar-refractivity contribution in [2.24, 2.45) is 0 Å². The molecule has 11 nitrogen and oxygen atoms in total. The molecule has 0 spiro atoms. The Balaban J connectivity index is 1.30. The standard InChI is InChI=1S/C44H44N4O7S/c1-2-3-13-41-42(40(29-50)45-48(41)35-16-18-36(19-17-35)55-25-8-24-49)38-21-15-33(27-39(38)44(52)47-23-22-31-10-5-7-12-34(31)28-47)43(51)46-56(53,54)37-20-14-30-9-4-6-11-32(30)26-37/h4-7,9-12,14-21,26-27,49-50H,2-3,8,13,22-25,28-29H2,1H3,(H,46,51). The van der Waals surface area contributed by atoms with Crippen molar-refractivity contribution in [2.45, 2.75) is 57.1 Å². The molecule has 1 aliphatic rings. The van der Waals surface area contributed by atoms with Gasteiger partial charge in [0.15, 0.2) is 0 Å². The highest BCUT2D eigenvalue weighted by molar-refractivity contribution is 7.90. The van der Waals surface area contributed by atoms with Gasteiger partial charge in [0.2, 0.25) is 0 Å². The van der Waals surface area contributed by atoms with E-state index >= 15 is 0 Å². The molecule has 288 valence electrons. The van der Waals surface area contributed by atoms with E-state index in [1.165, 1.54) is 29.8 Å². The Morgan fingerprint density at radius 1 is 0.857 bits per heavy atom. The smallest absolute Gasteiger partial charge is 0.265 e. The predicted molar refractivity (Wildman–Crippen MR) is 214 cm³/mol. The fourth-order valence-corrected chi connectivity index (χ4v) is 8.16. The Morgan fingerprint density at radius 2 is 1.61 bits per heavy atom. The first-order chi connectivity index (χ1) is 27.2. The van der Waals surface area contributed by atoms with Gasteiger partial charge in [-0.1, -0.05) is 74.0 Å². The summed E-state index contributed by atoms with van der Waals surface area (Å²) in [7, 11) is -4.27. The zero-order chi connectivity index (χ0) is 39.2. The minimum absolute atomic E-state index is 0.0105. The number of carbonyl (C=O) groups is 2. The summed E-state index contributed by atoms with van der Waals surface area (Å²) in [6.45, 7) is 2.88. The number of unbranched alkanes of at least 4 members (excludes halogenated alkanes) is 1. The number of carbonyl (C=O) groups excluding carboxylic acids is 2. The zero-order valence-corrected chi connectivity index (χ0v) is 32.0. The van der Waals surface area contributed by atoms with Gasteiger partial charge in [0, 0.05) is 42.8 Å². The van der Waals surface area contributed by atoms with Crippen molar-refractivity contribution in [2.75, 3.05) is 19.8 Å². The Kier molecular flexibility index (Phi) is 11.6. The summed E-state index contributed by atoms with van der Waals surface area (Å²) in [5, 5.41) is 26.3. The first-order valence-electron chi connectivity index (χ1n) is 18.8. The molecular formula is C44H44N4O7S. The van der Waals surface area contributed by atoms with Crippen molar-refractivity contribution in [1.82, 2.24) is 19.4 Å². The van der Waals surface area contributed by atoms with Gasteiger partial charge in [-0.05, 0) is 95.3 Å². The van der Waals surface area contributed by atoms with Crippen LogP contribution in [-0.2, 0) is 36.0 Å². The second kappa shape index (κ2) is 16.9. The number of aromatic nitrogens is 2.